The quantitative estimate of drug-likeness (QED) is 0.486. The number of hydrazone groups is 1. The molecule has 1 aliphatic rings. The Bertz CT molecular complexity index is 1310. The fraction of sp³-hybridized carbons (Fsp3) is 0.200. The second-order valence-corrected chi connectivity index (χ2v) is 7.82. The fourth-order valence-corrected chi connectivity index (χ4v) is 3.85. The predicted octanol–water partition coefficient (Wildman–Crippen LogP) is 3.28. The van der Waals surface area contributed by atoms with E-state index in [1.54, 1.807) is 31.2 Å². The molecule has 2 aromatic carbocycles. The summed E-state index contributed by atoms with van der Waals surface area (Å²) in [5.41, 5.74) is 9.47. The van der Waals surface area contributed by atoms with Gasteiger partial charge in [-0.25, -0.2) is 9.82 Å². The van der Waals surface area contributed by atoms with Gasteiger partial charge in [-0.3, -0.25) is 25.2 Å². The van der Waals surface area contributed by atoms with Crippen LogP contribution in [-0.4, -0.2) is 30.5 Å². The van der Waals surface area contributed by atoms with Gasteiger partial charge in [0.2, 0.25) is 0 Å². The predicted molar refractivity (Wildman–Crippen MR) is 125 cm³/mol. The minimum absolute atomic E-state index is 0.0278. The molecule has 3 amide bonds. The first kappa shape index (κ1) is 23.7. The number of ether oxygens (including phenoxy) is 1. The highest BCUT2D eigenvalue weighted by molar-refractivity contribution is 6.07. The number of hydrazine groups is 1. The monoisotopic (exact) mass is 478 g/mol. The Morgan fingerprint density at radius 3 is 2.43 bits per heavy atom. The minimum atomic E-state index is -0.648. The van der Waals surface area contributed by atoms with Crippen LogP contribution in [0.1, 0.15) is 61.0 Å². The Kier molecular flexibility index (Phi) is 6.91. The van der Waals surface area contributed by atoms with E-state index in [0.717, 1.165) is 18.6 Å². The van der Waals surface area contributed by atoms with E-state index in [1.807, 2.05) is 0 Å². The van der Waals surface area contributed by atoms with E-state index in [0.29, 0.717) is 46.8 Å². The lowest BCUT2D eigenvalue weighted by Crippen LogP contribution is -2.41. The molecule has 3 N–H and O–H groups in total. The standard InChI is InChI=1S/C25H23FN4O5/c1-14-21-18(27-29-24(32)17-6-3-4-8-19(17)34-2)7-5-9-20(21)35-22(14)25(33)30-28-23(31)15-10-12-16(26)13-11-15/h3-4,6,8,10-13H,5,7,9H2,1-2H3,(H,28,31)(H,29,32)(H,30,33)/b27-18+. The largest absolute Gasteiger partial charge is 0.496 e. The average Bonchev–Trinajstić information content (AvgIpc) is 3.23. The van der Waals surface area contributed by atoms with Gasteiger partial charge in [-0.1, -0.05) is 12.1 Å². The van der Waals surface area contributed by atoms with Crippen LogP contribution in [0, 0.1) is 12.7 Å². The number of benzene rings is 2. The number of fused-ring (bicyclic) bond motifs is 1. The third-order valence-electron chi connectivity index (χ3n) is 5.57. The maximum Gasteiger partial charge on any atom is 0.305 e. The van der Waals surface area contributed by atoms with Gasteiger partial charge in [-0.15, -0.1) is 0 Å². The molecule has 1 aromatic heterocycles. The van der Waals surface area contributed by atoms with Gasteiger partial charge in [0.15, 0.2) is 5.76 Å². The molecule has 180 valence electrons. The highest BCUT2D eigenvalue weighted by atomic mass is 19.1. The summed E-state index contributed by atoms with van der Waals surface area (Å²) in [5, 5.41) is 4.30. The van der Waals surface area contributed by atoms with E-state index in [9.17, 15) is 18.8 Å². The van der Waals surface area contributed by atoms with Crippen LogP contribution in [0.4, 0.5) is 4.39 Å². The van der Waals surface area contributed by atoms with Gasteiger partial charge in [-0.05, 0) is 56.2 Å². The van der Waals surface area contributed by atoms with E-state index >= 15 is 0 Å². The van der Waals surface area contributed by atoms with Crippen molar-refractivity contribution in [3.8, 4) is 5.75 Å². The summed E-state index contributed by atoms with van der Waals surface area (Å²) >= 11 is 0. The Morgan fingerprint density at radius 2 is 1.69 bits per heavy atom. The summed E-state index contributed by atoms with van der Waals surface area (Å²) in [4.78, 5) is 37.5. The van der Waals surface area contributed by atoms with Crippen molar-refractivity contribution < 1.29 is 27.9 Å². The molecule has 9 nitrogen and oxygen atoms in total. The maximum absolute atomic E-state index is 13.0. The number of amides is 3. The van der Waals surface area contributed by atoms with Crippen LogP contribution in [0.15, 0.2) is 58.0 Å². The number of carbonyl (C=O) groups excluding carboxylic acids is 3. The lowest BCUT2D eigenvalue weighted by atomic mass is 9.93. The number of halogens is 1. The number of hydrogen-bond acceptors (Lipinski definition) is 6. The summed E-state index contributed by atoms with van der Waals surface area (Å²) < 4.78 is 24.0. The van der Waals surface area contributed by atoms with E-state index in [4.69, 9.17) is 9.15 Å². The van der Waals surface area contributed by atoms with Crippen molar-refractivity contribution in [3.63, 3.8) is 0 Å². The van der Waals surface area contributed by atoms with Crippen molar-refractivity contribution in [2.75, 3.05) is 7.11 Å². The molecule has 0 atom stereocenters. The van der Waals surface area contributed by atoms with Gasteiger partial charge in [0.1, 0.15) is 17.3 Å². The summed E-state index contributed by atoms with van der Waals surface area (Å²) in [6.45, 7) is 1.71. The number of nitrogens with one attached hydrogen (secondary N) is 3. The van der Waals surface area contributed by atoms with Crippen molar-refractivity contribution in [1.29, 1.82) is 0 Å². The molecule has 0 aliphatic heterocycles. The van der Waals surface area contributed by atoms with E-state index in [1.165, 1.54) is 19.2 Å². The molecule has 1 heterocycles. The summed E-state index contributed by atoms with van der Waals surface area (Å²) in [6, 6.07) is 11.7. The Morgan fingerprint density at radius 1 is 0.971 bits per heavy atom. The van der Waals surface area contributed by atoms with Gasteiger partial charge >= 0.3 is 5.91 Å². The average molecular weight is 478 g/mol. The third kappa shape index (κ3) is 5.06. The number of nitrogens with zero attached hydrogens (tertiary/aromatic N) is 1. The third-order valence-corrected chi connectivity index (χ3v) is 5.57. The first-order valence-electron chi connectivity index (χ1n) is 10.9. The molecule has 0 spiro atoms. The molecule has 1 aliphatic carbocycles. The van der Waals surface area contributed by atoms with Gasteiger partial charge in [-0.2, -0.15) is 5.10 Å². The summed E-state index contributed by atoms with van der Waals surface area (Å²) in [6.07, 6.45) is 1.92. The molecule has 35 heavy (non-hydrogen) atoms. The maximum atomic E-state index is 13.0. The normalized spacial score (nSPS) is 13.6. The molecule has 10 heteroatoms. The second kappa shape index (κ2) is 10.2. The summed E-state index contributed by atoms with van der Waals surface area (Å²) in [5.74, 6) is -1.12. The first-order chi connectivity index (χ1) is 16.9. The van der Waals surface area contributed by atoms with Crippen molar-refractivity contribution in [2.45, 2.75) is 26.2 Å². The van der Waals surface area contributed by atoms with Crippen LogP contribution in [0.5, 0.6) is 5.75 Å². The van der Waals surface area contributed by atoms with Crippen LogP contribution in [0.25, 0.3) is 0 Å². The highest BCUT2D eigenvalue weighted by Gasteiger charge is 2.28. The van der Waals surface area contributed by atoms with Crippen LogP contribution in [0.2, 0.25) is 0 Å². The SMILES string of the molecule is COc1ccccc1C(=O)N/N=C1\CCCc2oc(C(=O)NNC(=O)c3ccc(F)cc3)c(C)c21. The van der Waals surface area contributed by atoms with Gasteiger partial charge in [0, 0.05) is 23.1 Å². The molecule has 3 aromatic rings. The fourth-order valence-electron chi connectivity index (χ4n) is 3.85. The van der Waals surface area contributed by atoms with E-state index < -0.39 is 23.5 Å². The lowest BCUT2D eigenvalue weighted by molar-refractivity contribution is 0.0829. The van der Waals surface area contributed by atoms with Crippen LogP contribution < -0.4 is 21.0 Å². The number of methoxy groups -OCH3 is 1. The Hall–Kier alpha value is -4.47. The van der Waals surface area contributed by atoms with Gasteiger partial charge in [0.05, 0.1) is 18.4 Å². The second-order valence-electron chi connectivity index (χ2n) is 7.82. The van der Waals surface area contributed by atoms with Gasteiger partial charge in [0.25, 0.3) is 11.8 Å². The molecular weight excluding hydrogens is 455 g/mol. The van der Waals surface area contributed by atoms with Crippen LogP contribution in [0.3, 0.4) is 0 Å². The number of furan rings is 1. The molecule has 0 bridgehead atoms. The number of aryl methyl sites for hydroxylation is 1. The first-order valence-corrected chi connectivity index (χ1v) is 10.9. The number of para-hydroxylation sites is 1. The molecule has 0 unspecified atom stereocenters. The van der Waals surface area contributed by atoms with Gasteiger partial charge < -0.3 is 9.15 Å². The zero-order valence-corrected chi connectivity index (χ0v) is 19.1. The molecule has 0 saturated carbocycles. The molecular formula is C25H23FN4O5. The summed E-state index contributed by atoms with van der Waals surface area (Å²) in [7, 11) is 1.48. The van der Waals surface area contributed by atoms with Crippen molar-refractivity contribution in [3.05, 3.63) is 88.1 Å². The van der Waals surface area contributed by atoms with Crippen molar-refractivity contribution in [2.24, 2.45) is 5.10 Å². The molecule has 0 saturated heterocycles. The zero-order valence-electron chi connectivity index (χ0n) is 19.1. The van der Waals surface area contributed by atoms with Crippen molar-refractivity contribution >= 4 is 23.4 Å². The molecule has 4 rings (SSSR count). The minimum Gasteiger partial charge on any atom is -0.496 e. The number of hydrogen-bond donors (Lipinski definition) is 3. The molecule has 0 fully saturated rings. The Labute approximate surface area is 200 Å². The highest BCUT2D eigenvalue weighted by Crippen LogP contribution is 2.30. The number of rotatable bonds is 5. The number of carbonyl (C=O) groups is 3. The van der Waals surface area contributed by atoms with Crippen molar-refractivity contribution in [1.82, 2.24) is 16.3 Å². The molecule has 0 radical (unpaired) electrons. The topological polar surface area (TPSA) is 122 Å². The van der Waals surface area contributed by atoms with Crippen LogP contribution >= 0.6 is 0 Å². The van der Waals surface area contributed by atoms with E-state index in [-0.39, 0.29) is 11.3 Å². The Balaban J connectivity index is 1.48. The zero-order chi connectivity index (χ0) is 24.9. The lowest BCUT2D eigenvalue weighted by Gasteiger charge is -2.14. The van der Waals surface area contributed by atoms with E-state index in [2.05, 4.69) is 21.4 Å². The smallest absolute Gasteiger partial charge is 0.305 e. The van der Waals surface area contributed by atoms with Crippen LogP contribution in [-0.2, 0) is 6.42 Å².